The van der Waals surface area contributed by atoms with E-state index in [-0.39, 0.29) is 0 Å². The number of pyridine rings is 1. The summed E-state index contributed by atoms with van der Waals surface area (Å²) in [7, 11) is 0. The number of H-pyrrole nitrogens is 1. The van der Waals surface area contributed by atoms with E-state index in [4.69, 9.17) is 0 Å². The summed E-state index contributed by atoms with van der Waals surface area (Å²) in [5.74, 6) is 0. The van der Waals surface area contributed by atoms with Gasteiger partial charge in [0.1, 0.15) is 0 Å². The second kappa shape index (κ2) is 6.56. The fraction of sp³-hybridized carbons (Fsp3) is 0. The Kier molecular flexibility index (Phi) is 3.55. The largest absolute Gasteiger partial charge is 0.354 e. The van der Waals surface area contributed by atoms with E-state index >= 15 is 0 Å². The van der Waals surface area contributed by atoms with E-state index in [1.807, 2.05) is 18.3 Å². The van der Waals surface area contributed by atoms with E-state index < -0.39 is 0 Å². The Labute approximate surface area is 184 Å². The number of para-hydroxylation sites is 3. The Morgan fingerprint density at radius 1 is 0.594 bits per heavy atom. The third-order valence-corrected chi connectivity index (χ3v) is 6.38. The molecule has 0 radical (unpaired) electrons. The minimum atomic E-state index is 0.980. The lowest BCUT2D eigenvalue weighted by Gasteiger charge is -2.07. The maximum Gasteiger partial charge on any atom is 0.0723 e. The lowest BCUT2D eigenvalue weighted by molar-refractivity contribution is 1.18. The van der Waals surface area contributed by atoms with Gasteiger partial charge in [-0.3, -0.25) is 4.98 Å². The molecule has 3 nitrogen and oxygen atoms in total. The van der Waals surface area contributed by atoms with Gasteiger partial charge < -0.3 is 9.55 Å². The predicted octanol–water partition coefficient (Wildman–Crippen LogP) is 7.48. The minimum absolute atomic E-state index is 0.980. The number of hydrogen-bond acceptors (Lipinski definition) is 1. The van der Waals surface area contributed by atoms with Gasteiger partial charge in [-0.2, -0.15) is 0 Å². The van der Waals surface area contributed by atoms with Gasteiger partial charge in [0.05, 0.1) is 22.2 Å². The van der Waals surface area contributed by atoms with Crippen molar-refractivity contribution in [3.8, 4) is 16.9 Å². The van der Waals surface area contributed by atoms with E-state index in [2.05, 4.69) is 106 Å². The number of fused-ring (bicyclic) bond motifs is 6. The number of hydrogen-bond donors (Lipinski definition) is 1. The molecule has 7 rings (SSSR count). The number of nitrogens with one attached hydrogen (secondary N) is 1. The van der Waals surface area contributed by atoms with Crippen LogP contribution in [0.3, 0.4) is 0 Å². The van der Waals surface area contributed by atoms with Crippen LogP contribution in [-0.2, 0) is 0 Å². The molecule has 32 heavy (non-hydrogen) atoms. The van der Waals surface area contributed by atoms with Crippen molar-refractivity contribution in [3.63, 3.8) is 0 Å². The van der Waals surface area contributed by atoms with Crippen LogP contribution in [0.1, 0.15) is 0 Å². The molecule has 3 heteroatoms. The van der Waals surface area contributed by atoms with Gasteiger partial charge in [-0.05, 0) is 42.5 Å². The van der Waals surface area contributed by atoms with Crippen molar-refractivity contribution in [1.29, 1.82) is 0 Å². The van der Waals surface area contributed by atoms with Gasteiger partial charge >= 0.3 is 0 Å². The Hall–Kier alpha value is -4.37. The van der Waals surface area contributed by atoms with Gasteiger partial charge in [-0.1, -0.05) is 60.7 Å². The maximum absolute atomic E-state index is 4.58. The number of nitrogens with zero attached hydrogens (tertiary/aromatic N) is 2. The Morgan fingerprint density at radius 2 is 1.41 bits per heavy atom. The van der Waals surface area contributed by atoms with Crippen molar-refractivity contribution in [2.75, 3.05) is 0 Å². The molecular weight excluding hydrogens is 390 g/mol. The van der Waals surface area contributed by atoms with Gasteiger partial charge in [0.25, 0.3) is 0 Å². The van der Waals surface area contributed by atoms with Crippen LogP contribution < -0.4 is 0 Å². The Bertz CT molecular complexity index is 1760. The first kappa shape index (κ1) is 17.3. The molecule has 0 atom stereocenters. The van der Waals surface area contributed by atoms with Crippen LogP contribution in [0.25, 0.3) is 60.6 Å². The average Bonchev–Trinajstić information content (AvgIpc) is 3.38. The fourth-order valence-corrected chi connectivity index (χ4v) is 4.98. The molecule has 0 amide bonds. The first-order valence-corrected chi connectivity index (χ1v) is 10.8. The molecule has 4 aromatic carbocycles. The summed E-state index contributed by atoms with van der Waals surface area (Å²) in [6.45, 7) is 0. The molecular formula is C29H19N3. The molecule has 0 aliphatic carbocycles. The fourth-order valence-electron chi connectivity index (χ4n) is 4.98. The van der Waals surface area contributed by atoms with Crippen molar-refractivity contribution in [2.45, 2.75) is 0 Å². The topological polar surface area (TPSA) is 33.6 Å². The maximum atomic E-state index is 4.58. The van der Waals surface area contributed by atoms with E-state index in [0.717, 1.165) is 22.3 Å². The molecule has 3 aromatic heterocycles. The molecule has 0 unspecified atom stereocenters. The molecule has 0 saturated carbocycles. The van der Waals surface area contributed by atoms with Crippen molar-refractivity contribution in [2.24, 2.45) is 0 Å². The van der Waals surface area contributed by atoms with Crippen LogP contribution >= 0.6 is 0 Å². The van der Waals surface area contributed by atoms with Crippen molar-refractivity contribution in [1.82, 2.24) is 14.5 Å². The summed E-state index contributed by atoms with van der Waals surface area (Å²) in [6, 6.07) is 36.4. The molecule has 150 valence electrons. The summed E-state index contributed by atoms with van der Waals surface area (Å²) in [6.07, 6.45) is 1.85. The molecule has 7 aromatic rings. The van der Waals surface area contributed by atoms with Crippen molar-refractivity contribution in [3.05, 3.63) is 109 Å². The molecule has 0 aliphatic heterocycles. The molecule has 0 fully saturated rings. The molecule has 0 spiro atoms. The standard InChI is InChI=1S/C29H19N3/c1-2-9-19(10-3-1)32-27-15-5-4-11-20(27)24-17-26-23(18-28(24)32)21-12-8-13-22(29(21)31-26)25-14-6-7-16-30-25/h1-18,31H. The smallest absolute Gasteiger partial charge is 0.0723 e. The zero-order valence-corrected chi connectivity index (χ0v) is 17.3. The van der Waals surface area contributed by atoms with Gasteiger partial charge in [0, 0.05) is 44.5 Å². The van der Waals surface area contributed by atoms with E-state index in [1.54, 1.807) is 0 Å². The van der Waals surface area contributed by atoms with E-state index in [0.29, 0.717) is 0 Å². The first-order chi connectivity index (χ1) is 15.9. The highest BCUT2D eigenvalue weighted by molar-refractivity contribution is 6.19. The van der Waals surface area contributed by atoms with Crippen LogP contribution in [-0.4, -0.2) is 14.5 Å². The molecule has 0 aliphatic rings. The lowest BCUT2D eigenvalue weighted by atomic mass is 10.0. The minimum Gasteiger partial charge on any atom is -0.354 e. The third-order valence-electron chi connectivity index (χ3n) is 6.38. The first-order valence-electron chi connectivity index (χ1n) is 10.8. The highest BCUT2D eigenvalue weighted by Gasteiger charge is 2.16. The van der Waals surface area contributed by atoms with E-state index in [1.165, 1.54) is 38.3 Å². The lowest BCUT2D eigenvalue weighted by Crippen LogP contribution is -1.92. The Morgan fingerprint density at radius 3 is 2.28 bits per heavy atom. The van der Waals surface area contributed by atoms with Crippen molar-refractivity contribution < 1.29 is 0 Å². The summed E-state index contributed by atoms with van der Waals surface area (Å²) in [5.41, 5.74) is 7.99. The van der Waals surface area contributed by atoms with Crippen molar-refractivity contribution >= 4 is 43.6 Å². The number of rotatable bonds is 2. The number of aromatic nitrogens is 3. The quantitative estimate of drug-likeness (QED) is 0.315. The van der Waals surface area contributed by atoms with Crippen LogP contribution in [0.5, 0.6) is 0 Å². The van der Waals surface area contributed by atoms with Crippen LogP contribution in [0.4, 0.5) is 0 Å². The number of benzene rings is 4. The Balaban J connectivity index is 1.62. The summed E-state index contributed by atoms with van der Waals surface area (Å²) >= 11 is 0. The zero-order chi connectivity index (χ0) is 21.1. The average molecular weight is 409 g/mol. The summed E-state index contributed by atoms with van der Waals surface area (Å²) < 4.78 is 2.37. The second-order valence-corrected chi connectivity index (χ2v) is 8.17. The molecule has 3 heterocycles. The predicted molar refractivity (Wildman–Crippen MR) is 133 cm³/mol. The molecule has 0 saturated heterocycles. The third kappa shape index (κ3) is 2.39. The SMILES string of the molecule is c1ccc(-n2c3ccccc3c3cc4[nH]c5c(-c6ccccn6)cccc5c4cc32)cc1. The van der Waals surface area contributed by atoms with Gasteiger partial charge in [0.15, 0.2) is 0 Å². The number of aromatic amines is 1. The highest BCUT2D eigenvalue weighted by atomic mass is 15.0. The second-order valence-electron chi connectivity index (χ2n) is 8.17. The summed E-state index contributed by atoms with van der Waals surface area (Å²) in [5, 5.41) is 4.96. The van der Waals surface area contributed by atoms with Gasteiger partial charge in [-0.25, -0.2) is 0 Å². The monoisotopic (exact) mass is 409 g/mol. The van der Waals surface area contributed by atoms with Gasteiger partial charge in [-0.15, -0.1) is 0 Å². The molecule has 1 N–H and O–H groups in total. The summed E-state index contributed by atoms with van der Waals surface area (Å²) in [4.78, 5) is 8.29. The normalized spacial score (nSPS) is 11.8. The highest BCUT2D eigenvalue weighted by Crippen LogP contribution is 2.38. The zero-order valence-electron chi connectivity index (χ0n) is 17.3. The van der Waals surface area contributed by atoms with Crippen LogP contribution in [0.2, 0.25) is 0 Å². The molecule has 0 bridgehead atoms. The van der Waals surface area contributed by atoms with Crippen LogP contribution in [0.15, 0.2) is 109 Å². The van der Waals surface area contributed by atoms with E-state index in [9.17, 15) is 0 Å². The van der Waals surface area contributed by atoms with Crippen LogP contribution in [0, 0.1) is 0 Å². The van der Waals surface area contributed by atoms with Gasteiger partial charge in [0.2, 0.25) is 0 Å².